The Morgan fingerprint density at radius 2 is 1.96 bits per heavy atom. The number of guanidine groups is 1. The van der Waals surface area contributed by atoms with Gasteiger partial charge in [0.1, 0.15) is 11.6 Å². The number of nitrogens with one attached hydrogen (secondary N) is 1. The SMILES string of the molecule is COc1ccc(NC(N)=NCCn2c(C)nc3ccccc32)cc1. The maximum Gasteiger partial charge on any atom is 0.193 e. The van der Waals surface area contributed by atoms with Gasteiger partial charge in [0.2, 0.25) is 0 Å². The molecule has 0 spiro atoms. The zero-order valence-electron chi connectivity index (χ0n) is 13.9. The van der Waals surface area contributed by atoms with E-state index in [-0.39, 0.29) is 0 Å². The molecule has 0 bridgehead atoms. The summed E-state index contributed by atoms with van der Waals surface area (Å²) in [5.74, 6) is 2.17. The number of aryl methyl sites for hydroxylation is 1. The molecule has 0 atom stereocenters. The zero-order valence-corrected chi connectivity index (χ0v) is 13.9. The van der Waals surface area contributed by atoms with E-state index in [1.165, 1.54) is 0 Å². The summed E-state index contributed by atoms with van der Waals surface area (Å²) in [5.41, 5.74) is 8.95. The molecule has 0 amide bonds. The highest BCUT2D eigenvalue weighted by molar-refractivity contribution is 5.92. The van der Waals surface area contributed by atoms with Crippen LogP contribution in [0, 0.1) is 6.92 Å². The molecule has 1 aromatic heterocycles. The molecule has 0 radical (unpaired) electrons. The Kier molecular flexibility index (Phi) is 4.65. The lowest BCUT2D eigenvalue weighted by Crippen LogP contribution is -2.23. The number of methoxy groups -OCH3 is 1. The van der Waals surface area contributed by atoms with Gasteiger partial charge >= 0.3 is 0 Å². The molecule has 3 N–H and O–H groups in total. The second-order valence-electron chi connectivity index (χ2n) is 5.42. The van der Waals surface area contributed by atoms with Gasteiger partial charge in [-0.15, -0.1) is 0 Å². The van der Waals surface area contributed by atoms with Crippen LogP contribution in [-0.4, -0.2) is 29.2 Å². The highest BCUT2D eigenvalue weighted by Gasteiger charge is 2.05. The van der Waals surface area contributed by atoms with Crippen molar-refractivity contribution in [3.63, 3.8) is 0 Å². The number of rotatable bonds is 5. The van der Waals surface area contributed by atoms with Crippen molar-refractivity contribution >= 4 is 22.7 Å². The van der Waals surface area contributed by atoms with E-state index < -0.39 is 0 Å². The molecular weight excluding hydrogens is 302 g/mol. The summed E-state index contributed by atoms with van der Waals surface area (Å²) in [6.45, 7) is 3.32. The molecule has 6 heteroatoms. The maximum absolute atomic E-state index is 5.95. The summed E-state index contributed by atoms with van der Waals surface area (Å²) in [5, 5.41) is 3.07. The molecular formula is C18H21N5O. The predicted molar refractivity (Wildman–Crippen MR) is 97.6 cm³/mol. The number of ether oxygens (including phenoxy) is 1. The van der Waals surface area contributed by atoms with Gasteiger partial charge in [-0.2, -0.15) is 0 Å². The molecule has 0 aliphatic heterocycles. The minimum Gasteiger partial charge on any atom is -0.497 e. The van der Waals surface area contributed by atoms with Crippen LogP contribution in [0.2, 0.25) is 0 Å². The van der Waals surface area contributed by atoms with Gasteiger partial charge in [-0.3, -0.25) is 4.99 Å². The van der Waals surface area contributed by atoms with E-state index in [1.54, 1.807) is 7.11 Å². The van der Waals surface area contributed by atoms with Crippen LogP contribution in [0.5, 0.6) is 5.75 Å². The van der Waals surface area contributed by atoms with Crippen molar-refractivity contribution in [1.29, 1.82) is 0 Å². The summed E-state index contributed by atoms with van der Waals surface area (Å²) in [6.07, 6.45) is 0. The maximum atomic E-state index is 5.95. The van der Waals surface area contributed by atoms with E-state index in [2.05, 4.69) is 25.9 Å². The Labute approximate surface area is 141 Å². The third-order valence-electron chi connectivity index (χ3n) is 3.81. The van der Waals surface area contributed by atoms with Crippen molar-refractivity contribution in [3.8, 4) is 5.75 Å². The largest absolute Gasteiger partial charge is 0.497 e. The van der Waals surface area contributed by atoms with E-state index in [0.717, 1.165) is 34.8 Å². The van der Waals surface area contributed by atoms with Crippen molar-refractivity contribution in [1.82, 2.24) is 9.55 Å². The molecule has 0 aliphatic rings. The molecule has 0 unspecified atom stereocenters. The molecule has 6 nitrogen and oxygen atoms in total. The summed E-state index contributed by atoms with van der Waals surface area (Å²) in [7, 11) is 1.64. The monoisotopic (exact) mass is 323 g/mol. The average molecular weight is 323 g/mol. The first-order valence-electron chi connectivity index (χ1n) is 7.80. The number of benzene rings is 2. The zero-order chi connectivity index (χ0) is 16.9. The van der Waals surface area contributed by atoms with Crippen LogP contribution in [0.15, 0.2) is 53.5 Å². The van der Waals surface area contributed by atoms with Gasteiger partial charge < -0.3 is 20.4 Å². The van der Waals surface area contributed by atoms with Gasteiger partial charge in [-0.1, -0.05) is 12.1 Å². The molecule has 124 valence electrons. The highest BCUT2D eigenvalue weighted by atomic mass is 16.5. The minimum absolute atomic E-state index is 0.391. The average Bonchev–Trinajstić information content (AvgIpc) is 2.91. The first kappa shape index (κ1) is 15.9. The van der Waals surface area contributed by atoms with Gasteiger partial charge in [0, 0.05) is 12.2 Å². The topological polar surface area (TPSA) is 77.5 Å². The van der Waals surface area contributed by atoms with Crippen LogP contribution in [0.3, 0.4) is 0 Å². The number of imidazole rings is 1. The van der Waals surface area contributed by atoms with Crippen LogP contribution in [-0.2, 0) is 6.54 Å². The molecule has 0 saturated heterocycles. The van der Waals surface area contributed by atoms with Gasteiger partial charge in [0.05, 0.1) is 24.7 Å². The fourth-order valence-corrected chi connectivity index (χ4v) is 2.61. The molecule has 0 saturated carbocycles. The summed E-state index contributed by atoms with van der Waals surface area (Å²) in [4.78, 5) is 8.94. The Bertz CT molecular complexity index is 851. The quantitative estimate of drug-likeness (QED) is 0.559. The van der Waals surface area contributed by atoms with Gasteiger partial charge in [0.25, 0.3) is 0 Å². The fraction of sp³-hybridized carbons (Fsp3) is 0.222. The van der Waals surface area contributed by atoms with E-state index in [0.29, 0.717) is 12.5 Å². The number of para-hydroxylation sites is 2. The molecule has 1 heterocycles. The van der Waals surface area contributed by atoms with Crippen molar-refractivity contribution in [3.05, 3.63) is 54.4 Å². The lowest BCUT2D eigenvalue weighted by molar-refractivity contribution is 0.415. The third kappa shape index (κ3) is 3.48. The Hall–Kier alpha value is -3.02. The van der Waals surface area contributed by atoms with Gasteiger partial charge in [0.15, 0.2) is 5.96 Å². The van der Waals surface area contributed by atoms with Crippen molar-refractivity contribution < 1.29 is 4.74 Å². The predicted octanol–water partition coefficient (Wildman–Crippen LogP) is 2.78. The lowest BCUT2D eigenvalue weighted by Gasteiger charge is -2.08. The van der Waals surface area contributed by atoms with Crippen LogP contribution >= 0.6 is 0 Å². The number of aromatic nitrogens is 2. The molecule has 3 aromatic rings. The summed E-state index contributed by atoms with van der Waals surface area (Å²) >= 11 is 0. The first-order chi connectivity index (χ1) is 11.7. The van der Waals surface area contributed by atoms with E-state index >= 15 is 0 Å². The summed E-state index contributed by atoms with van der Waals surface area (Å²) < 4.78 is 7.28. The highest BCUT2D eigenvalue weighted by Crippen LogP contribution is 2.16. The van der Waals surface area contributed by atoms with Gasteiger partial charge in [-0.25, -0.2) is 4.98 Å². The molecule has 3 rings (SSSR count). The van der Waals surface area contributed by atoms with Crippen LogP contribution in [0.1, 0.15) is 5.82 Å². The summed E-state index contributed by atoms with van der Waals surface area (Å²) in [6, 6.07) is 15.6. The Morgan fingerprint density at radius 1 is 1.21 bits per heavy atom. The molecule has 0 aliphatic carbocycles. The first-order valence-corrected chi connectivity index (χ1v) is 7.80. The number of hydrogen-bond acceptors (Lipinski definition) is 3. The number of fused-ring (bicyclic) bond motifs is 1. The van der Waals surface area contributed by atoms with Crippen LogP contribution < -0.4 is 15.8 Å². The van der Waals surface area contributed by atoms with E-state index in [4.69, 9.17) is 10.5 Å². The molecule has 0 fully saturated rings. The van der Waals surface area contributed by atoms with Crippen molar-refractivity contribution in [2.75, 3.05) is 19.0 Å². The van der Waals surface area contributed by atoms with E-state index in [9.17, 15) is 0 Å². The van der Waals surface area contributed by atoms with Crippen LogP contribution in [0.25, 0.3) is 11.0 Å². The fourth-order valence-electron chi connectivity index (χ4n) is 2.61. The van der Waals surface area contributed by atoms with Gasteiger partial charge in [-0.05, 0) is 43.3 Å². The number of anilines is 1. The molecule has 2 aromatic carbocycles. The smallest absolute Gasteiger partial charge is 0.193 e. The standard InChI is InChI=1S/C18H21N5O/c1-13-21-16-5-3-4-6-17(16)23(13)12-11-20-18(19)22-14-7-9-15(24-2)10-8-14/h3-10H,11-12H2,1-2H3,(H3,19,20,22). The Balaban J connectivity index is 1.63. The lowest BCUT2D eigenvalue weighted by atomic mass is 10.3. The van der Waals surface area contributed by atoms with Crippen LogP contribution in [0.4, 0.5) is 5.69 Å². The van der Waals surface area contributed by atoms with E-state index in [1.807, 2.05) is 49.4 Å². The number of hydrogen-bond donors (Lipinski definition) is 2. The molecule has 24 heavy (non-hydrogen) atoms. The minimum atomic E-state index is 0.391. The second kappa shape index (κ2) is 7.04. The number of nitrogens with two attached hydrogens (primary N) is 1. The third-order valence-corrected chi connectivity index (χ3v) is 3.81. The number of nitrogens with zero attached hydrogens (tertiary/aromatic N) is 3. The van der Waals surface area contributed by atoms with Crippen molar-refractivity contribution in [2.24, 2.45) is 10.7 Å². The number of aliphatic imine (C=N–C) groups is 1. The van der Waals surface area contributed by atoms with Crippen molar-refractivity contribution in [2.45, 2.75) is 13.5 Å². The second-order valence-corrected chi connectivity index (χ2v) is 5.42. The Morgan fingerprint density at radius 3 is 2.71 bits per heavy atom. The normalized spacial score (nSPS) is 11.7.